The predicted octanol–water partition coefficient (Wildman–Crippen LogP) is 1.81. The third-order valence-corrected chi connectivity index (χ3v) is 2.16. The van der Waals surface area contributed by atoms with Gasteiger partial charge in [0.1, 0.15) is 5.82 Å². The maximum absolute atomic E-state index is 13.4. The van der Waals surface area contributed by atoms with E-state index >= 15 is 0 Å². The summed E-state index contributed by atoms with van der Waals surface area (Å²) in [6.45, 7) is 3.14. The van der Waals surface area contributed by atoms with Crippen molar-refractivity contribution in [2.45, 2.75) is 13.8 Å². The molecule has 3 nitrogen and oxygen atoms in total. The zero-order valence-corrected chi connectivity index (χ0v) is 8.35. The first-order chi connectivity index (χ1) is 6.49. The van der Waals surface area contributed by atoms with Crippen LogP contribution in [0.25, 0.3) is 0 Å². The highest BCUT2D eigenvalue weighted by atomic mass is 19.1. The minimum atomic E-state index is -0.551. The van der Waals surface area contributed by atoms with Crippen LogP contribution in [-0.4, -0.2) is 13.1 Å². The third kappa shape index (κ3) is 1.55. The smallest absolute Gasteiger partial charge is 0.338 e. The lowest BCUT2D eigenvalue weighted by molar-refractivity contribution is 0.0599. The molecule has 0 unspecified atom stereocenters. The Hall–Kier alpha value is -1.58. The lowest BCUT2D eigenvalue weighted by Crippen LogP contribution is -2.08. The van der Waals surface area contributed by atoms with Gasteiger partial charge < -0.3 is 10.5 Å². The molecule has 2 N–H and O–H groups in total. The van der Waals surface area contributed by atoms with Crippen LogP contribution >= 0.6 is 0 Å². The van der Waals surface area contributed by atoms with Crippen molar-refractivity contribution >= 4 is 11.7 Å². The van der Waals surface area contributed by atoms with E-state index in [1.807, 2.05) is 0 Å². The first kappa shape index (κ1) is 10.5. The Kier molecular flexibility index (Phi) is 2.74. The lowest BCUT2D eigenvalue weighted by atomic mass is 10.0. The number of carbonyl (C=O) groups is 1. The fourth-order valence-electron chi connectivity index (χ4n) is 1.22. The molecule has 0 radical (unpaired) electrons. The van der Waals surface area contributed by atoms with Crippen LogP contribution < -0.4 is 5.73 Å². The number of benzene rings is 1. The van der Waals surface area contributed by atoms with E-state index in [9.17, 15) is 9.18 Å². The van der Waals surface area contributed by atoms with Gasteiger partial charge in [0.05, 0.1) is 18.4 Å². The summed E-state index contributed by atoms with van der Waals surface area (Å²) < 4.78 is 17.9. The SMILES string of the molecule is COC(=O)c1cc(C)c(N)c(F)c1C. The van der Waals surface area contributed by atoms with Crippen LogP contribution in [-0.2, 0) is 4.74 Å². The van der Waals surface area contributed by atoms with Crippen LogP contribution in [0, 0.1) is 19.7 Å². The number of methoxy groups -OCH3 is 1. The maximum atomic E-state index is 13.4. The summed E-state index contributed by atoms with van der Waals surface area (Å²) in [7, 11) is 1.26. The molecule has 1 aromatic rings. The van der Waals surface area contributed by atoms with Gasteiger partial charge in [0.2, 0.25) is 0 Å². The number of rotatable bonds is 1. The Morgan fingerprint density at radius 2 is 2.07 bits per heavy atom. The molecule has 0 fully saturated rings. The van der Waals surface area contributed by atoms with E-state index in [4.69, 9.17) is 5.73 Å². The van der Waals surface area contributed by atoms with E-state index in [1.165, 1.54) is 20.1 Å². The Morgan fingerprint density at radius 3 is 2.57 bits per heavy atom. The average molecular weight is 197 g/mol. The van der Waals surface area contributed by atoms with E-state index in [2.05, 4.69) is 4.74 Å². The summed E-state index contributed by atoms with van der Waals surface area (Å²) in [5, 5.41) is 0. The summed E-state index contributed by atoms with van der Waals surface area (Å²) in [4.78, 5) is 11.2. The van der Waals surface area contributed by atoms with E-state index in [-0.39, 0.29) is 16.8 Å². The summed E-state index contributed by atoms with van der Waals surface area (Å²) in [6.07, 6.45) is 0. The number of aryl methyl sites for hydroxylation is 1. The summed E-state index contributed by atoms with van der Waals surface area (Å²) in [6, 6.07) is 1.53. The molecule has 76 valence electrons. The number of anilines is 1. The zero-order valence-electron chi connectivity index (χ0n) is 8.35. The number of ether oxygens (including phenoxy) is 1. The second-order valence-electron chi connectivity index (χ2n) is 3.09. The topological polar surface area (TPSA) is 52.3 Å². The summed E-state index contributed by atoms with van der Waals surface area (Å²) >= 11 is 0. The van der Waals surface area contributed by atoms with Crippen molar-refractivity contribution in [1.82, 2.24) is 0 Å². The molecule has 0 atom stereocenters. The van der Waals surface area contributed by atoms with Crippen LogP contribution in [0.5, 0.6) is 0 Å². The van der Waals surface area contributed by atoms with Crippen molar-refractivity contribution in [3.63, 3.8) is 0 Å². The van der Waals surface area contributed by atoms with Crippen LogP contribution in [0.2, 0.25) is 0 Å². The molecular weight excluding hydrogens is 185 g/mol. The first-order valence-electron chi connectivity index (χ1n) is 4.12. The fourth-order valence-corrected chi connectivity index (χ4v) is 1.22. The molecule has 0 heterocycles. The molecule has 0 saturated heterocycles. The van der Waals surface area contributed by atoms with Gasteiger partial charge in [0.15, 0.2) is 0 Å². The Morgan fingerprint density at radius 1 is 1.50 bits per heavy atom. The number of nitrogen functional groups attached to an aromatic ring is 1. The van der Waals surface area contributed by atoms with Crippen LogP contribution in [0.3, 0.4) is 0 Å². The Balaban J connectivity index is 3.40. The fraction of sp³-hybridized carbons (Fsp3) is 0.300. The van der Waals surface area contributed by atoms with Crippen molar-refractivity contribution in [2.24, 2.45) is 0 Å². The average Bonchev–Trinajstić information content (AvgIpc) is 2.19. The van der Waals surface area contributed by atoms with Crippen molar-refractivity contribution in [3.8, 4) is 0 Å². The van der Waals surface area contributed by atoms with Crippen LogP contribution in [0.1, 0.15) is 21.5 Å². The van der Waals surface area contributed by atoms with Crippen molar-refractivity contribution in [3.05, 3.63) is 28.6 Å². The number of hydrogen-bond acceptors (Lipinski definition) is 3. The molecular formula is C10H12FNO2. The van der Waals surface area contributed by atoms with E-state index < -0.39 is 11.8 Å². The lowest BCUT2D eigenvalue weighted by Gasteiger charge is -2.09. The third-order valence-electron chi connectivity index (χ3n) is 2.16. The van der Waals surface area contributed by atoms with E-state index in [1.54, 1.807) is 6.92 Å². The van der Waals surface area contributed by atoms with Crippen molar-refractivity contribution in [1.29, 1.82) is 0 Å². The number of hydrogen-bond donors (Lipinski definition) is 1. The van der Waals surface area contributed by atoms with Gasteiger partial charge in [-0.05, 0) is 25.5 Å². The van der Waals surface area contributed by atoms with Gasteiger partial charge in [-0.3, -0.25) is 0 Å². The van der Waals surface area contributed by atoms with Crippen molar-refractivity contribution < 1.29 is 13.9 Å². The highest BCUT2D eigenvalue weighted by molar-refractivity contribution is 5.92. The number of halogens is 1. The quantitative estimate of drug-likeness (QED) is 0.551. The van der Waals surface area contributed by atoms with Gasteiger partial charge in [-0.2, -0.15) is 0 Å². The molecule has 0 aliphatic rings. The van der Waals surface area contributed by atoms with Crippen molar-refractivity contribution in [2.75, 3.05) is 12.8 Å². The molecule has 14 heavy (non-hydrogen) atoms. The number of nitrogens with two attached hydrogens (primary N) is 1. The molecule has 1 rings (SSSR count). The van der Waals surface area contributed by atoms with Crippen LogP contribution in [0.15, 0.2) is 6.07 Å². The van der Waals surface area contributed by atoms with E-state index in [0.717, 1.165) is 0 Å². The van der Waals surface area contributed by atoms with Crippen LogP contribution in [0.4, 0.5) is 10.1 Å². The van der Waals surface area contributed by atoms with E-state index in [0.29, 0.717) is 5.56 Å². The molecule has 0 aliphatic carbocycles. The molecule has 4 heteroatoms. The molecule has 0 aromatic heterocycles. The molecule has 1 aromatic carbocycles. The Labute approximate surface area is 81.7 Å². The largest absolute Gasteiger partial charge is 0.465 e. The number of carbonyl (C=O) groups excluding carboxylic acids is 1. The van der Waals surface area contributed by atoms with Gasteiger partial charge in [0, 0.05) is 5.56 Å². The minimum Gasteiger partial charge on any atom is -0.465 e. The van der Waals surface area contributed by atoms with Gasteiger partial charge in [0.25, 0.3) is 0 Å². The molecule has 0 bridgehead atoms. The minimum absolute atomic E-state index is 0.0788. The molecule has 0 saturated carbocycles. The monoisotopic (exact) mass is 197 g/mol. The van der Waals surface area contributed by atoms with Gasteiger partial charge in [-0.15, -0.1) is 0 Å². The molecule has 0 spiro atoms. The highest BCUT2D eigenvalue weighted by Crippen LogP contribution is 2.23. The normalized spacial score (nSPS) is 10.0. The predicted molar refractivity (Wildman–Crippen MR) is 51.6 cm³/mol. The summed E-state index contributed by atoms with van der Waals surface area (Å²) in [5.74, 6) is -1.10. The maximum Gasteiger partial charge on any atom is 0.338 e. The second-order valence-corrected chi connectivity index (χ2v) is 3.09. The second kappa shape index (κ2) is 3.65. The highest BCUT2D eigenvalue weighted by Gasteiger charge is 2.16. The molecule has 0 amide bonds. The van der Waals surface area contributed by atoms with Gasteiger partial charge in [-0.1, -0.05) is 0 Å². The molecule has 0 aliphatic heterocycles. The summed E-state index contributed by atoms with van der Waals surface area (Å²) in [5.41, 5.74) is 6.52. The first-order valence-corrected chi connectivity index (χ1v) is 4.12. The Bertz CT molecular complexity index is 388. The van der Waals surface area contributed by atoms with Gasteiger partial charge >= 0.3 is 5.97 Å². The zero-order chi connectivity index (χ0) is 10.9. The standard InChI is InChI=1S/C10H12FNO2/c1-5-4-7(10(13)14-3)6(2)8(11)9(5)12/h4H,12H2,1-3H3. The number of esters is 1. The van der Waals surface area contributed by atoms with Gasteiger partial charge in [-0.25, -0.2) is 9.18 Å².